The number of likely N-dealkylation sites (tertiary alicyclic amines) is 1. The zero-order chi connectivity index (χ0) is 44.5. The van der Waals surface area contributed by atoms with Gasteiger partial charge in [-0.05, 0) is 131 Å². The summed E-state index contributed by atoms with van der Waals surface area (Å²) >= 11 is 0. The molecule has 3 saturated heterocycles. The quantitative estimate of drug-likeness (QED) is 0.170. The SMILES string of the molecule is COCCOC(=O)N1C(=O)[C@@]2(C3=C1CCCC3)[C@H](C1CCC(OCCO)CC1)N1[C@H](C3CCCCC3)[C@H](C3CCCCC3)OC(=O)[C@H]1[C@@H]2C(=O)N1CCC2CC(OC)C(OC)CC2C1. The molecule has 0 aromatic rings. The Hall–Kier alpha value is -2.62. The number of aliphatic hydroxyl groups excluding tert-OH is 1. The number of amides is 3. The summed E-state index contributed by atoms with van der Waals surface area (Å²) in [7, 11) is 5.03. The van der Waals surface area contributed by atoms with E-state index in [1.54, 1.807) is 21.3 Å². The van der Waals surface area contributed by atoms with Gasteiger partial charge in [0.2, 0.25) is 11.8 Å². The highest BCUT2D eigenvalue weighted by Gasteiger charge is 2.77. The summed E-state index contributed by atoms with van der Waals surface area (Å²) in [6.07, 6.45) is 17.8. The first kappa shape index (κ1) is 46.5. The number of cyclic esters (lactones) is 1. The lowest BCUT2D eigenvalue weighted by atomic mass is 9.59. The molecule has 1 N–H and O–H groups in total. The van der Waals surface area contributed by atoms with Crippen molar-refractivity contribution in [1.29, 1.82) is 0 Å². The van der Waals surface area contributed by atoms with Crippen molar-refractivity contribution in [2.45, 2.75) is 177 Å². The van der Waals surface area contributed by atoms with Crippen molar-refractivity contribution in [2.24, 2.45) is 40.9 Å². The van der Waals surface area contributed by atoms with Crippen LogP contribution in [-0.2, 0) is 42.8 Å². The van der Waals surface area contributed by atoms with Gasteiger partial charge in [0, 0.05) is 46.2 Å². The highest BCUT2D eigenvalue weighted by molar-refractivity contribution is 6.07. The third-order valence-electron chi connectivity index (χ3n) is 18.0. The highest BCUT2D eigenvalue weighted by Crippen LogP contribution is 2.65. The molecule has 9 aliphatic rings. The van der Waals surface area contributed by atoms with Gasteiger partial charge in [0.1, 0.15) is 24.2 Å². The topological polar surface area (TPSA) is 154 Å². The summed E-state index contributed by atoms with van der Waals surface area (Å²) in [5.41, 5.74) is 0.0873. The molecule has 0 radical (unpaired) electrons. The van der Waals surface area contributed by atoms with Crippen molar-refractivity contribution >= 4 is 23.9 Å². The molecule has 4 unspecified atom stereocenters. The number of morpholine rings is 1. The zero-order valence-electron chi connectivity index (χ0n) is 39.0. The van der Waals surface area contributed by atoms with Crippen LogP contribution in [0, 0.1) is 40.9 Å². The van der Waals surface area contributed by atoms with E-state index in [9.17, 15) is 9.90 Å². The van der Waals surface area contributed by atoms with Crippen molar-refractivity contribution in [3.63, 3.8) is 0 Å². The number of piperidine rings is 1. The Balaban J connectivity index is 1.21. The first-order valence-corrected chi connectivity index (χ1v) is 25.5. The number of carbonyl (C=O) groups is 4. The molecule has 0 bridgehead atoms. The maximum Gasteiger partial charge on any atom is 0.421 e. The number of fused-ring (bicyclic) bond motifs is 3. The number of methoxy groups -OCH3 is 3. The van der Waals surface area contributed by atoms with Gasteiger partial charge in [-0.3, -0.25) is 19.3 Å². The molecule has 3 amide bonds. The Morgan fingerprint density at radius 2 is 1.41 bits per heavy atom. The molecule has 1 spiro atoms. The van der Waals surface area contributed by atoms with Crippen LogP contribution in [0.25, 0.3) is 0 Å². The van der Waals surface area contributed by atoms with Crippen LogP contribution in [0.4, 0.5) is 4.79 Å². The van der Waals surface area contributed by atoms with Crippen molar-refractivity contribution in [2.75, 3.05) is 60.8 Å². The van der Waals surface area contributed by atoms with Gasteiger partial charge in [-0.25, -0.2) is 9.69 Å². The van der Waals surface area contributed by atoms with Crippen LogP contribution in [0.15, 0.2) is 11.3 Å². The number of nitrogens with zero attached hydrogens (tertiary/aromatic N) is 3. The van der Waals surface area contributed by atoms with Crippen molar-refractivity contribution in [1.82, 2.24) is 14.7 Å². The zero-order valence-corrected chi connectivity index (χ0v) is 39.0. The summed E-state index contributed by atoms with van der Waals surface area (Å²) in [6, 6.07) is -1.61. The Morgan fingerprint density at radius 3 is 2.08 bits per heavy atom. The molecule has 4 saturated carbocycles. The second kappa shape index (κ2) is 20.3. The standard InChI is InChI=1S/C50H77N3O11/c1-59-26-27-63-49(58)52-38-17-11-10-16-37(38)50(48(52)57)41(46(55)51-23-22-34-28-39(60-2)40(61-3)29-35(34)30-51)43-47(56)64-44(32-14-8-5-9-15-32)42(31-12-6-4-7-13-31)53(43)45(50)33-18-20-36(21-19-33)62-25-24-54/h31-36,39-45,54H,4-30H2,1-3H3/t33?,34?,35?,36?,39?,40?,41-,42-,43-,44+,45+,50-/m1/s1. The Kier molecular flexibility index (Phi) is 14.8. The third kappa shape index (κ3) is 8.28. The van der Waals surface area contributed by atoms with Gasteiger partial charge in [0.15, 0.2) is 0 Å². The number of allylic oxidation sites excluding steroid dienone is 1. The largest absolute Gasteiger partial charge is 0.459 e. The summed E-state index contributed by atoms with van der Waals surface area (Å²) in [5.74, 6) is -1.02. The molecule has 0 aromatic heterocycles. The third-order valence-corrected chi connectivity index (χ3v) is 18.0. The van der Waals surface area contributed by atoms with Gasteiger partial charge < -0.3 is 38.4 Å². The predicted octanol–water partition coefficient (Wildman–Crippen LogP) is 6.41. The molecule has 10 atom stereocenters. The van der Waals surface area contributed by atoms with E-state index in [1.807, 2.05) is 4.90 Å². The first-order chi connectivity index (χ1) is 31.3. The summed E-state index contributed by atoms with van der Waals surface area (Å²) in [4.78, 5) is 68.6. The van der Waals surface area contributed by atoms with Gasteiger partial charge >= 0.3 is 12.1 Å². The van der Waals surface area contributed by atoms with Crippen molar-refractivity contribution < 1.29 is 52.7 Å². The Morgan fingerprint density at radius 1 is 0.734 bits per heavy atom. The van der Waals surface area contributed by atoms with Crippen LogP contribution in [0.5, 0.6) is 0 Å². The smallest absolute Gasteiger partial charge is 0.421 e. The van der Waals surface area contributed by atoms with E-state index in [4.69, 9.17) is 28.4 Å². The van der Waals surface area contributed by atoms with E-state index in [0.717, 1.165) is 115 Å². The van der Waals surface area contributed by atoms with E-state index in [2.05, 4.69) is 4.90 Å². The van der Waals surface area contributed by atoms with E-state index < -0.39 is 35.4 Å². The fourth-order valence-electron chi connectivity index (χ4n) is 15.2. The van der Waals surface area contributed by atoms with Crippen LogP contribution in [-0.4, -0.2) is 147 Å². The summed E-state index contributed by atoms with van der Waals surface area (Å²) < 4.78 is 36.0. The van der Waals surface area contributed by atoms with E-state index in [-0.39, 0.29) is 92.4 Å². The molecule has 64 heavy (non-hydrogen) atoms. The summed E-state index contributed by atoms with van der Waals surface area (Å²) in [6.45, 7) is 1.46. The van der Waals surface area contributed by atoms with Crippen LogP contribution in [0.1, 0.15) is 135 Å². The van der Waals surface area contributed by atoms with Gasteiger partial charge in [0.25, 0.3) is 0 Å². The first-order valence-electron chi connectivity index (χ1n) is 25.5. The molecule has 358 valence electrons. The summed E-state index contributed by atoms with van der Waals surface area (Å²) in [5, 5.41) is 9.66. The fraction of sp³-hybridized carbons (Fsp3) is 0.880. The Labute approximate surface area is 380 Å². The molecule has 9 rings (SSSR count). The number of carbonyl (C=O) groups excluding carboxylic acids is 4. The lowest BCUT2D eigenvalue weighted by Crippen LogP contribution is -2.66. The second-order valence-corrected chi connectivity index (χ2v) is 21.0. The number of hydrogen-bond donors (Lipinski definition) is 1. The molecule has 5 aliphatic carbocycles. The van der Waals surface area contributed by atoms with Crippen LogP contribution < -0.4 is 0 Å². The normalized spacial score (nSPS) is 38.8. The molecule has 14 nitrogen and oxygen atoms in total. The molecule has 14 heteroatoms. The number of hydrogen-bond acceptors (Lipinski definition) is 12. The Bertz CT molecular complexity index is 1710. The van der Waals surface area contributed by atoms with E-state index in [0.29, 0.717) is 37.5 Å². The minimum atomic E-state index is -1.46. The maximum atomic E-state index is 16.4. The lowest BCUT2D eigenvalue weighted by Gasteiger charge is -2.53. The molecular weight excluding hydrogens is 819 g/mol. The van der Waals surface area contributed by atoms with Crippen LogP contribution in [0.2, 0.25) is 0 Å². The van der Waals surface area contributed by atoms with Crippen molar-refractivity contribution in [3.05, 3.63) is 11.3 Å². The lowest BCUT2D eigenvalue weighted by molar-refractivity contribution is -0.191. The molecule has 4 aliphatic heterocycles. The van der Waals surface area contributed by atoms with Crippen LogP contribution >= 0.6 is 0 Å². The molecule has 4 heterocycles. The molecular formula is C50H77N3O11. The minimum absolute atomic E-state index is 0.00159. The maximum absolute atomic E-state index is 16.4. The van der Waals surface area contributed by atoms with Crippen molar-refractivity contribution in [3.8, 4) is 0 Å². The number of aliphatic hydroxyl groups is 1. The van der Waals surface area contributed by atoms with Gasteiger partial charge in [-0.1, -0.05) is 38.5 Å². The second-order valence-electron chi connectivity index (χ2n) is 21.0. The van der Waals surface area contributed by atoms with Crippen LogP contribution in [0.3, 0.4) is 0 Å². The van der Waals surface area contributed by atoms with E-state index in [1.165, 1.54) is 17.7 Å². The number of ether oxygens (including phenoxy) is 6. The van der Waals surface area contributed by atoms with Gasteiger partial charge in [-0.15, -0.1) is 0 Å². The molecule has 0 aromatic carbocycles. The minimum Gasteiger partial charge on any atom is -0.459 e. The molecule has 7 fully saturated rings. The number of rotatable bonds is 12. The predicted molar refractivity (Wildman–Crippen MR) is 236 cm³/mol. The fourth-order valence-corrected chi connectivity index (χ4v) is 15.2. The van der Waals surface area contributed by atoms with Gasteiger partial charge in [0.05, 0.1) is 50.1 Å². The average molecular weight is 896 g/mol. The highest BCUT2D eigenvalue weighted by atomic mass is 16.6. The number of esters is 1. The van der Waals surface area contributed by atoms with Gasteiger partial charge in [-0.2, -0.15) is 0 Å². The van der Waals surface area contributed by atoms with E-state index >= 15 is 14.4 Å². The average Bonchev–Trinajstić information content (AvgIpc) is 3.79. The monoisotopic (exact) mass is 896 g/mol. The number of imide groups is 1.